The van der Waals surface area contributed by atoms with Crippen molar-refractivity contribution in [3.63, 3.8) is 0 Å². The number of amides is 2. The van der Waals surface area contributed by atoms with E-state index in [4.69, 9.17) is 14.2 Å². The van der Waals surface area contributed by atoms with Crippen molar-refractivity contribution in [3.8, 4) is 11.5 Å². The number of hydrogen-bond donors (Lipinski definition) is 1. The highest BCUT2D eigenvalue weighted by atomic mass is 16.5. The molecule has 158 valence electrons. The van der Waals surface area contributed by atoms with E-state index in [9.17, 15) is 9.59 Å². The van der Waals surface area contributed by atoms with Crippen LogP contribution in [0.5, 0.6) is 11.5 Å². The van der Waals surface area contributed by atoms with Crippen LogP contribution >= 0.6 is 0 Å². The molecule has 0 spiro atoms. The Bertz CT molecular complexity index is 920. The predicted molar refractivity (Wildman–Crippen MR) is 115 cm³/mol. The zero-order chi connectivity index (χ0) is 21.3. The number of hydrogen-bond acceptors (Lipinski definition) is 5. The van der Waals surface area contributed by atoms with Crippen LogP contribution in [0.25, 0.3) is 6.08 Å². The minimum absolute atomic E-state index is 0.0726. The number of nitrogens with one attached hydrogen (secondary N) is 1. The Morgan fingerprint density at radius 2 is 1.93 bits per heavy atom. The summed E-state index contributed by atoms with van der Waals surface area (Å²) in [5.41, 5.74) is 2.04. The van der Waals surface area contributed by atoms with Gasteiger partial charge in [0.1, 0.15) is 0 Å². The van der Waals surface area contributed by atoms with Crippen molar-refractivity contribution < 1.29 is 23.8 Å². The molecule has 7 nitrogen and oxygen atoms in total. The fraction of sp³-hybridized carbons (Fsp3) is 0.304. The second-order valence-corrected chi connectivity index (χ2v) is 6.73. The predicted octanol–water partition coefficient (Wildman–Crippen LogP) is 3.22. The molecule has 1 aliphatic heterocycles. The van der Waals surface area contributed by atoms with Crippen molar-refractivity contribution in [2.24, 2.45) is 0 Å². The van der Waals surface area contributed by atoms with Crippen LogP contribution in [0.15, 0.2) is 48.5 Å². The Kier molecular flexibility index (Phi) is 7.45. The van der Waals surface area contributed by atoms with Crippen molar-refractivity contribution in [1.29, 1.82) is 0 Å². The molecule has 0 saturated carbocycles. The Morgan fingerprint density at radius 3 is 2.67 bits per heavy atom. The summed E-state index contributed by atoms with van der Waals surface area (Å²) in [7, 11) is 1.55. The summed E-state index contributed by atoms with van der Waals surface area (Å²) in [6, 6.07) is 12.4. The molecular formula is C23H26N2O5. The molecule has 2 aromatic rings. The molecule has 30 heavy (non-hydrogen) atoms. The third kappa shape index (κ3) is 5.61. The Balaban J connectivity index is 1.59. The highest BCUT2D eigenvalue weighted by Crippen LogP contribution is 2.28. The standard InChI is InChI=1S/C23H26N2O5/c1-3-5-17-8-9-20(21(14-17)28-2)30-16-22(26)24-19-7-4-6-18(15-19)23(27)25-10-12-29-13-11-25/h3-9,14-15H,10-13,16H2,1-2H3,(H,24,26)/b5-3+. The van der Waals surface area contributed by atoms with E-state index in [1.807, 2.05) is 31.2 Å². The van der Waals surface area contributed by atoms with E-state index in [1.54, 1.807) is 42.3 Å². The molecular weight excluding hydrogens is 384 g/mol. The van der Waals surface area contributed by atoms with Crippen molar-refractivity contribution in [3.05, 3.63) is 59.7 Å². The van der Waals surface area contributed by atoms with E-state index in [0.29, 0.717) is 49.1 Å². The van der Waals surface area contributed by atoms with Gasteiger partial charge < -0.3 is 24.4 Å². The Morgan fingerprint density at radius 1 is 1.13 bits per heavy atom. The highest BCUT2D eigenvalue weighted by Gasteiger charge is 2.19. The van der Waals surface area contributed by atoms with Gasteiger partial charge in [-0.15, -0.1) is 0 Å². The fourth-order valence-corrected chi connectivity index (χ4v) is 3.12. The first-order valence-corrected chi connectivity index (χ1v) is 9.81. The number of benzene rings is 2. The first-order valence-electron chi connectivity index (χ1n) is 9.81. The van der Waals surface area contributed by atoms with Gasteiger partial charge in [0.05, 0.1) is 20.3 Å². The van der Waals surface area contributed by atoms with Gasteiger partial charge in [-0.25, -0.2) is 0 Å². The largest absolute Gasteiger partial charge is 0.493 e. The molecule has 0 aliphatic carbocycles. The minimum Gasteiger partial charge on any atom is -0.493 e. The maximum Gasteiger partial charge on any atom is 0.262 e. The van der Waals surface area contributed by atoms with E-state index in [1.165, 1.54) is 0 Å². The Hall–Kier alpha value is -3.32. The van der Waals surface area contributed by atoms with Crippen LogP contribution in [-0.4, -0.2) is 56.7 Å². The van der Waals surface area contributed by atoms with Gasteiger partial charge in [0, 0.05) is 24.3 Å². The molecule has 7 heteroatoms. The van der Waals surface area contributed by atoms with Gasteiger partial charge in [0.25, 0.3) is 11.8 Å². The molecule has 1 fully saturated rings. The quantitative estimate of drug-likeness (QED) is 0.758. The number of anilines is 1. The lowest BCUT2D eigenvalue weighted by molar-refractivity contribution is -0.118. The summed E-state index contributed by atoms with van der Waals surface area (Å²) in [5.74, 6) is 0.635. The third-order valence-corrected chi connectivity index (χ3v) is 4.60. The lowest BCUT2D eigenvalue weighted by atomic mass is 10.1. The van der Waals surface area contributed by atoms with E-state index >= 15 is 0 Å². The fourth-order valence-electron chi connectivity index (χ4n) is 3.12. The highest BCUT2D eigenvalue weighted by molar-refractivity contribution is 5.97. The summed E-state index contributed by atoms with van der Waals surface area (Å²) in [6.07, 6.45) is 3.88. The molecule has 2 aromatic carbocycles. The maximum atomic E-state index is 12.6. The van der Waals surface area contributed by atoms with Gasteiger partial charge >= 0.3 is 0 Å². The second kappa shape index (κ2) is 10.5. The molecule has 3 rings (SSSR count). The summed E-state index contributed by atoms with van der Waals surface area (Å²) < 4.78 is 16.2. The van der Waals surface area contributed by atoms with Crippen molar-refractivity contribution in [2.75, 3.05) is 45.3 Å². The minimum atomic E-state index is -0.328. The molecule has 0 radical (unpaired) electrons. The molecule has 1 N–H and O–H groups in total. The summed E-state index contributed by atoms with van der Waals surface area (Å²) in [4.78, 5) is 26.7. The number of rotatable bonds is 7. The number of allylic oxidation sites excluding steroid dienone is 1. The van der Waals surface area contributed by atoms with Crippen molar-refractivity contribution in [2.45, 2.75) is 6.92 Å². The number of morpholine rings is 1. The van der Waals surface area contributed by atoms with Crippen LogP contribution in [0.3, 0.4) is 0 Å². The van der Waals surface area contributed by atoms with Gasteiger partial charge in [-0.1, -0.05) is 24.3 Å². The normalized spacial score (nSPS) is 13.9. The number of carbonyl (C=O) groups excluding carboxylic acids is 2. The van der Waals surface area contributed by atoms with Crippen LogP contribution in [0.2, 0.25) is 0 Å². The monoisotopic (exact) mass is 410 g/mol. The first-order chi connectivity index (χ1) is 14.6. The van der Waals surface area contributed by atoms with E-state index in [-0.39, 0.29) is 18.4 Å². The number of ether oxygens (including phenoxy) is 3. The number of carbonyl (C=O) groups is 2. The molecule has 2 amide bonds. The van der Waals surface area contributed by atoms with Crippen LogP contribution in [0.1, 0.15) is 22.8 Å². The topological polar surface area (TPSA) is 77.1 Å². The lowest BCUT2D eigenvalue weighted by Crippen LogP contribution is -2.40. The van der Waals surface area contributed by atoms with Crippen molar-refractivity contribution in [1.82, 2.24) is 4.90 Å². The van der Waals surface area contributed by atoms with Gasteiger partial charge in [-0.2, -0.15) is 0 Å². The SMILES string of the molecule is C/C=C/c1ccc(OCC(=O)Nc2cccc(C(=O)N3CCOCC3)c2)c(OC)c1. The van der Waals surface area contributed by atoms with Gasteiger partial charge in [0.15, 0.2) is 18.1 Å². The third-order valence-electron chi connectivity index (χ3n) is 4.60. The van der Waals surface area contributed by atoms with Gasteiger partial charge in [-0.3, -0.25) is 9.59 Å². The molecule has 1 aliphatic rings. The van der Waals surface area contributed by atoms with Crippen LogP contribution in [0.4, 0.5) is 5.69 Å². The summed E-state index contributed by atoms with van der Waals surface area (Å²) in [5, 5.41) is 2.77. The van der Waals surface area contributed by atoms with E-state index in [0.717, 1.165) is 5.56 Å². The van der Waals surface area contributed by atoms with Crippen molar-refractivity contribution >= 4 is 23.6 Å². The Labute approximate surface area is 176 Å². The molecule has 0 atom stereocenters. The zero-order valence-electron chi connectivity index (χ0n) is 17.2. The van der Waals surface area contributed by atoms with E-state index in [2.05, 4.69) is 5.32 Å². The smallest absolute Gasteiger partial charge is 0.262 e. The summed E-state index contributed by atoms with van der Waals surface area (Å²) >= 11 is 0. The van der Waals surface area contributed by atoms with E-state index < -0.39 is 0 Å². The number of methoxy groups -OCH3 is 1. The van der Waals surface area contributed by atoms with Crippen LogP contribution in [0, 0.1) is 0 Å². The zero-order valence-corrected chi connectivity index (χ0v) is 17.2. The van der Waals surface area contributed by atoms with Gasteiger partial charge in [0.2, 0.25) is 0 Å². The molecule has 1 heterocycles. The molecule has 0 unspecified atom stereocenters. The molecule has 1 saturated heterocycles. The molecule has 0 bridgehead atoms. The van der Waals surface area contributed by atoms with Crippen LogP contribution < -0.4 is 14.8 Å². The first kappa shape index (κ1) is 21.4. The lowest BCUT2D eigenvalue weighted by Gasteiger charge is -2.27. The maximum absolute atomic E-state index is 12.6. The molecule has 0 aromatic heterocycles. The number of nitrogens with zero attached hydrogens (tertiary/aromatic N) is 1. The summed E-state index contributed by atoms with van der Waals surface area (Å²) in [6.45, 7) is 3.97. The second-order valence-electron chi connectivity index (χ2n) is 6.73. The van der Waals surface area contributed by atoms with Gasteiger partial charge in [-0.05, 0) is 42.8 Å². The average Bonchev–Trinajstić information content (AvgIpc) is 2.78. The average molecular weight is 410 g/mol. The van der Waals surface area contributed by atoms with Crippen LogP contribution in [-0.2, 0) is 9.53 Å².